The number of amides is 2. The summed E-state index contributed by atoms with van der Waals surface area (Å²) in [5.74, 6) is 1.00. The average Bonchev–Trinajstić information content (AvgIpc) is 2.77. The highest BCUT2D eigenvalue weighted by Crippen LogP contribution is 2.29. The van der Waals surface area contributed by atoms with Gasteiger partial charge in [-0.1, -0.05) is 6.07 Å². The molecule has 0 bridgehead atoms. The molecule has 1 aromatic rings. The Balaban J connectivity index is 1.53. The average molecular weight is 391 g/mol. The molecule has 2 aliphatic rings. The number of benzene rings is 1. The quantitative estimate of drug-likeness (QED) is 0.711. The van der Waals surface area contributed by atoms with E-state index in [2.05, 4.69) is 4.90 Å². The van der Waals surface area contributed by atoms with Crippen molar-refractivity contribution in [2.45, 2.75) is 6.42 Å². The maximum absolute atomic E-state index is 13.0. The molecular formula is C20H29N3O5. The largest absolute Gasteiger partial charge is 0.496 e. The summed E-state index contributed by atoms with van der Waals surface area (Å²) in [6.07, 6.45) is 0.508. The summed E-state index contributed by atoms with van der Waals surface area (Å²) in [6, 6.07) is 5.29. The van der Waals surface area contributed by atoms with Gasteiger partial charge in [0.05, 0.1) is 27.4 Å². The third-order valence-electron chi connectivity index (χ3n) is 5.31. The first kappa shape index (κ1) is 20.4. The smallest absolute Gasteiger partial charge is 0.261 e. The molecule has 1 aromatic carbocycles. The Morgan fingerprint density at radius 2 is 1.50 bits per heavy atom. The van der Waals surface area contributed by atoms with E-state index in [4.69, 9.17) is 14.2 Å². The van der Waals surface area contributed by atoms with Crippen LogP contribution in [0.2, 0.25) is 0 Å². The highest BCUT2D eigenvalue weighted by Gasteiger charge is 2.28. The van der Waals surface area contributed by atoms with Gasteiger partial charge in [0.1, 0.15) is 17.1 Å². The number of hydrogen-bond donors (Lipinski definition) is 0. The fourth-order valence-electron chi connectivity index (χ4n) is 3.62. The van der Waals surface area contributed by atoms with E-state index in [1.54, 1.807) is 23.1 Å². The third kappa shape index (κ3) is 4.74. The van der Waals surface area contributed by atoms with Crippen LogP contribution in [0.3, 0.4) is 0 Å². The molecule has 0 aromatic heterocycles. The Bertz CT molecular complexity index is 660. The van der Waals surface area contributed by atoms with Crippen LogP contribution >= 0.6 is 0 Å². The summed E-state index contributed by atoms with van der Waals surface area (Å²) in [6.45, 7) is 6.11. The van der Waals surface area contributed by atoms with Gasteiger partial charge < -0.3 is 24.0 Å². The molecule has 0 unspecified atom stereocenters. The SMILES string of the molecule is COc1cccc(OC)c1C(=O)N1CCN(C(=O)CCN2CCOCC2)CC1. The third-order valence-corrected chi connectivity index (χ3v) is 5.31. The maximum Gasteiger partial charge on any atom is 0.261 e. The van der Waals surface area contributed by atoms with Crippen molar-refractivity contribution >= 4 is 11.8 Å². The van der Waals surface area contributed by atoms with Crippen LogP contribution in [0.15, 0.2) is 18.2 Å². The van der Waals surface area contributed by atoms with Gasteiger partial charge in [-0.05, 0) is 12.1 Å². The topological polar surface area (TPSA) is 71.6 Å². The van der Waals surface area contributed by atoms with E-state index in [1.165, 1.54) is 14.2 Å². The van der Waals surface area contributed by atoms with Crippen LogP contribution in [0.25, 0.3) is 0 Å². The van der Waals surface area contributed by atoms with Crippen LogP contribution in [0.4, 0.5) is 0 Å². The monoisotopic (exact) mass is 391 g/mol. The van der Waals surface area contributed by atoms with Gasteiger partial charge >= 0.3 is 0 Å². The molecule has 0 aliphatic carbocycles. The van der Waals surface area contributed by atoms with Crippen molar-refractivity contribution in [3.05, 3.63) is 23.8 Å². The Hall–Kier alpha value is -2.32. The molecular weight excluding hydrogens is 362 g/mol. The van der Waals surface area contributed by atoms with E-state index in [0.717, 1.165) is 32.8 Å². The molecule has 0 saturated carbocycles. The van der Waals surface area contributed by atoms with E-state index < -0.39 is 0 Å². The highest BCUT2D eigenvalue weighted by atomic mass is 16.5. The van der Waals surface area contributed by atoms with E-state index in [1.807, 2.05) is 4.90 Å². The first-order chi connectivity index (χ1) is 13.6. The Morgan fingerprint density at radius 1 is 0.929 bits per heavy atom. The van der Waals surface area contributed by atoms with Crippen LogP contribution in [0.1, 0.15) is 16.8 Å². The van der Waals surface area contributed by atoms with E-state index in [9.17, 15) is 9.59 Å². The summed E-state index contributed by atoms with van der Waals surface area (Å²) >= 11 is 0. The zero-order chi connectivity index (χ0) is 19.9. The molecule has 0 N–H and O–H groups in total. The van der Waals surface area contributed by atoms with Crippen molar-refractivity contribution in [3.8, 4) is 11.5 Å². The zero-order valence-corrected chi connectivity index (χ0v) is 16.7. The zero-order valence-electron chi connectivity index (χ0n) is 16.7. The van der Waals surface area contributed by atoms with Gasteiger partial charge in [-0.25, -0.2) is 0 Å². The minimum Gasteiger partial charge on any atom is -0.496 e. The van der Waals surface area contributed by atoms with Crippen molar-refractivity contribution in [1.82, 2.24) is 14.7 Å². The lowest BCUT2D eigenvalue weighted by Crippen LogP contribution is -2.51. The summed E-state index contributed by atoms with van der Waals surface area (Å²) in [4.78, 5) is 31.4. The lowest BCUT2D eigenvalue weighted by atomic mass is 10.1. The second-order valence-electron chi connectivity index (χ2n) is 6.91. The Labute approximate surface area is 165 Å². The van der Waals surface area contributed by atoms with Crippen molar-refractivity contribution in [2.24, 2.45) is 0 Å². The summed E-state index contributed by atoms with van der Waals surface area (Å²) in [7, 11) is 3.08. The molecule has 2 fully saturated rings. The summed E-state index contributed by atoms with van der Waals surface area (Å²) < 4.78 is 16.0. The standard InChI is InChI=1S/C20H29N3O5/c1-26-16-4-3-5-17(27-2)19(16)20(25)23-10-8-22(9-11-23)18(24)6-7-21-12-14-28-15-13-21/h3-5H,6-15H2,1-2H3. The number of morpholine rings is 1. The number of nitrogens with zero attached hydrogens (tertiary/aromatic N) is 3. The molecule has 2 heterocycles. The highest BCUT2D eigenvalue weighted by molar-refractivity contribution is 5.99. The fourth-order valence-corrected chi connectivity index (χ4v) is 3.62. The molecule has 3 rings (SSSR count). The van der Waals surface area contributed by atoms with E-state index in [0.29, 0.717) is 49.7 Å². The molecule has 2 amide bonds. The van der Waals surface area contributed by atoms with E-state index >= 15 is 0 Å². The van der Waals surface area contributed by atoms with Crippen molar-refractivity contribution in [2.75, 3.05) is 73.2 Å². The molecule has 0 atom stereocenters. The van der Waals surface area contributed by atoms with E-state index in [-0.39, 0.29) is 11.8 Å². The predicted octanol–water partition coefficient (Wildman–Crippen LogP) is 0.711. The van der Waals surface area contributed by atoms with Gasteiger partial charge in [-0.3, -0.25) is 14.5 Å². The van der Waals surface area contributed by atoms with Crippen molar-refractivity contribution in [1.29, 1.82) is 0 Å². The van der Waals surface area contributed by atoms with Gasteiger partial charge in [0.15, 0.2) is 0 Å². The Morgan fingerprint density at radius 3 is 2.07 bits per heavy atom. The van der Waals surface area contributed by atoms with Gasteiger partial charge in [0.25, 0.3) is 5.91 Å². The number of methoxy groups -OCH3 is 2. The molecule has 8 heteroatoms. The van der Waals surface area contributed by atoms with Crippen LogP contribution in [-0.2, 0) is 9.53 Å². The molecule has 28 heavy (non-hydrogen) atoms. The molecule has 2 saturated heterocycles. The van der Waals surface area contributed by atoms with Crippen molar-refractivity contribution in [3.63, 3.8) is 0 Å². The molecule has 0 spiro atoms. The lowest BCUT2D eigenvalue weighted by molar-refractivity contribution is -0.133. The first-order valence-corrected chi connectivity index (χ1v) is 9.72. The van der Waals surface area contributed by atoms with Crippen molar-refractivity contribution < 1.29 is 23.8 Å². The number of ether oxygens (including phenoxy) is 3. The van der Waals surface area contributed by atoms with Gasteiger partial charge in [0, 0.05) is 52.2 Å². The number of carbonyl (C=O) groups excluding carboxylic acids is 2. The number of piperazine rings is 1. The summed E-state index contributed by atoms with van der Waals surface area (Å²) in [5.41, 5.74) is 0.430. The van der Waals surface area contributed by atoms with Gasteiger partial charge in [-0.15, -0.1) is 0 Å². The van der Waals surface area contributed by atoms with Gasteiger partial charge in [0.2, 0.25) is 5.91 Å². The van der Waals surface area contributed by atoms with Crippen LogP contribution < -0.4 is 9.47 Å². The lowest BCUT2D eigenvalue weighted by Gasteiger charge is -2.35. The molecule has 2 aliphatic heterocycles. The van der Waals surface area contributed by atoms with Crippen LogP contribution in [0, 0.1) is 0 Å². The Kier molecular flexibility index (Phi) is 7.11. The normalized spacial score (nSPS) is 18.1. The molecule has 0 radical (unpaired) electrons. The van der Waals surface area contributed by atoms with Crippen LogP contribution in [-0.4, -0.2) is 99.8 Å². The molecule has 8 nitrogen and oxygen atoms in total. The number of carbonyl (C=O) groups is 2. The maximum atomic E-state index is 13.0. The second-order valence-corrected chi connectivity index (χ2v) is 6.91. The summed E-state index contributed by atoms with van der Waals surface area (Å²) in [5, 5.41) is 0. The fraction of sp³-hybridized carbons (Fsp3) is 0.600. The predicted molar refractivity (Wildman–Crippen MR) is 104 cm³/mol. The number of hydrogen-bond acceptors (Lipinski definition) is 6. The molecule has 154 valence electrons. The minimum atomic E-state index is -0.130. The minimum absolute atomic E-state index is 0.130. The number of rotatable bonds is 6. The van der Waals surface area contributed by atoms with Crippen LogP contribution in [0.5, 0.6) is 11.5 Å². The van der Waals surface area contributed by atoms with Gasteiger partial charge in [-0.2, -0.15) is 0 Å². The first-order valence-electron chi connectivity index (χ1n) is 9.72. The second kappa shape index (κ2) is 9.75.